The van der Waals surface area contributed by atoms with E-state index in [-0.39, 0.29) is 38.6 Å². The van der Waals surface area contributed by atoms with Crippen LogP contribution in [0, 0.1) is 0 Å². The van der Waals surface area contributed by atoms with Gasteiger partial charge in [0.05, 0.1) is 13.2 Å². The largest absolute Gasteiger partial charge is 0.472 e. The van der Waals surface area contributed by atoms with Gasteiger partial charge in [-0.05, 0) is 51.4 Å². The smallest absolute Gasteiger partial charge is 0.462 e. The van der Waals surface area contributed by atoms with Crippen molar-refractivity contribution in [2.45, 2.75) is 367 Å². The fourth-order valence-electron chi connectivity index (χ4n) is 10.6. The summed E-state index contributed by atoms with van der Waals surface area (Å²) in [5.74, 6) is -0.822. The van der Waals surface area contributed by atoms with Crippen molar-refractivity contribution in [3.05, 3.63) is 48.6 Å². The van der Waals surface area contributed by atoms with Crippen LogP contribution in [0.4, 0.5) is 0 Å². The maximum Gasteiger partial charge on any atom is 0.472 e. The quantitative estimate of drug-likeness (QED) is 0.0264. The van der Waals surface area contributed by atoms with Gasteiger partial charge in [0.25, 0.3) is 0 Å². The van der Waals surface area contributed by atoms with Crippen molar-refractivity contribution >= 4 is 19.8 Å². The van der Waals surface area contributed by atoms with Crippen molar-refractivity contribution in [2.24, 2.45) is 5.73 Å². The first kappa shape index (κ1) is 79.0. The summed E-state index contributed by atoms with van der Waals surface area (Å²) in [6.45, 7) is 3.68. The van der Waals surface area contributed by atoms with Crippen LogP contribution in [0.1, 0.15) is 361 Å². The molecule has 0 aliphatic carbocycles. The molecule has 0 aliphatic rings. The Morgan fingerprint density at radius 1 is 0.383 bits per heavy atom. The first-order chi connectivity index (χ1) is 39.8. The summed E-state index contributed by atoms with van der Waals surface area (Å²) in [5.41, 5.74) is 5.39. The van der Waals surface area contributed by atoms with Gasteiger partial charge in [0.15, 0.2) is 6.10 Å². The molecule has 0 heterocycles. The highest BCUT2D eigenvalue weighted by atomic mass is 31.2. The van der Waals surface area contributed by atoms with E-state index in [1.165, 1.54) is 257 Å². The van der Waals surface area contributed by atoms with Crippen molar-refractivity contribution in [3.63, 3.8) is 0 Å². The van der Waals surface area contributed by atoms with Crippen LogP contribution in [-0.2, 0) is 32.7 Å². The van der Waals surface area contributed by atoms with Crippen LogP contribution >= 0.6 is 7.82 Å². The van der Waals surface area contributed by atoms with Crippen LogP contribution in [0.2, 0.25) is 0 Å². The lowest BCUT2D eigenvalue weighted by molar-refractivity contribution is -0.161. The maximum absolute atomic E-state index is 12.7. The fraction of sp³-hybridized carbons (Fsp3) is 0.859. The van der Waals surface area contributed by atoms with Gasteiger partial charge in [-0.2, -0.15) is 0 Å². The predicted octanol–water partition coefficient (Wildman–Crippen LogP) is 22.9. The van der Waals surface area contributed by atoms with E-state index in [1.54, 1.807) is 0 Å². The molecule has 0 amide bonds. The molecule has 0 aliphatic heterocycles. The number of nitrogens with two attached hydrogens (primary N) is 1. The Morgan fingerprint density at radius 2 is 0.679 bits per heavy atom. The molecule has 2 unspecified atom stereocenters. The number of hydrogen-bond acceptors (Lipinski definition) is 8. The summed E-state index contributed by atoms with van der Waals surface area (Å²) < 4.78 is 33.1. The average Bonchev–Trinajstić information content (AvgIpc) is 3.46. The van der Waals surface area contributed by atoms with E-state index < -0.39 is 26.5 Å². The highest BCUT2D eigenvalue weighted by Crippen LogP contribution is 2.43. The zero-order valence-corrected chi connectivity index (χ0v) is 54.4. The van der Waals surface area contributed by atoms with Gasteiger partial charge in [0.1, 0.15) is 6.61 Å². The number of carbonyl (C=O) groups is 2. The molecule has 476 valence electrons. The third-order valence-corrected chi connectivity index (χ3v) is 16.7. The van der Waals surface area contributed by atoms with Gasteiger partial charge < -0.3 is 20.1 Å². The molecule has 0 aromatic rings. The van der Waals surface area contributed by atoms with Crippen LogP contribution in [0.3, 0.4) is 0 Å². The van der Waals surface area contributed by atoms with E-state index in [0.717, 1.165) is 70.6 Å². The van der Waals surface area contributed by atoms with Crippen LogP contribution in [0.5, 0.6) is 0 Å². The third-order valence-electron chi connectivity index (χ3n) is 15.7. The second kappa shape index (κ2) is 67.1. The highest BCUT2D eigenvalue weighted by molar-refractivity contribution is 7.47. The number of hydrogen-bond donors (Lipinski definition) is 2. The molecule has 3 N–H and O–H groups in total. The number of phosphoric ester groups is 1. The standard InChI is InChI=1S/C71H134NO8P/c1-3-5-7-9-11-13-15-17-19-21-23-25-26-27-28-29-30-31-32-33-34-35-36-37-38-39-40-41-42-44-45-47-49-51-53-55-57-59-61-63-70(73)77-67-69(68-79-81(75,76)78-66-65-72)80-71(74)64-62-60-58-56-54-52-50-48-46-43-24-22-20-18-16-14-12-10-8-6-4-2/h6,8,12,14,18,20,24,43,69H,3-5,7,9-11,13,15-17,19,21-23,25-42,44-68,72H2,1-2H3,(H,75,76)/b8-6-,14-12-,20-18-,43-24-. The second-order valence-electron chi connectivity index (χ2n) is 23.7. The summed E-state index contributed by atoms with van der Waals surface area (Å²) in [5, 5.41) is 0. The lowest BCUT2D eigenvalue weighted by Gasteiger charge is -2.19. The Hall–Kier alpha value is -2.03. The van der Waals surface area contributed by atoms with E-state index in [9.17, 15) is 19.0 Å². The van der Waals surface area contributed by atoms with Crippen LogP contribution < -0.4 is 5.73 Å². The SMILES string of the molecule is CC/C=C\C/C=C\C/C=C\C/C=C\CCCCCCCCCCC(=O)OC(COC(=O)CCCCCCCCCCCCCCCCCCCCCCCCCCCCCCCCCCCCCCCCC)COP(=O)(O)OCCN. The lowest BCUT2D eigenvalue weighted by Crippen LogP contribution is -2.29. The van der Waals surface area contributed by atoms with Gasteiger partial charge in [-0.3, -0.25) is 18.6 Å². The summed E-state index contributed by atoms with van der Waals surface area (Å²) in [6.07, 6.45) is 85.2. The van der Waals surface area contributed by atoms with Gasteiger partial charge in [0.2, 0.25) is 0 Å². The van der Waals surface area contributed by atoms with E-state index in [1.807, 2.05) is 0 Å². The first-order valence-electron chi connectivity index (χ1n) is 35.1. The molecule has 10 heteroatoms. The van der Waals surface area contributed by atoms with Gasteiger partial charge in [-0.1, -0.05) is 345 Å². The Kier molecular flexibility index (Phi) is 65.4. The Labute approximate surface area is 502 Å². The molecular formula is C71H134NO8P. The maximum atomic E-state index is 12.7. The Bertz CT molecular complexity index is 1470. The lowest BCUT2D eigenvalue weighted by atomic mass is 10.0. The van der Waals surface area contributed by atoms with Crippen molar-refractivity contribution < 1.29 is 37.6 Å². The predicted molar refractivity (Wildman–Crippen MR) is 349 cm³/mol. The van der Waals surface area contributed by atoms with Gasteiger partial charge >= 0.3 is 19.8 Å². The van der Waals surface area contributed by atoms with Gasteiger partial charge in [0, 0.05) is 19.4 Å². The number of carbonyl (C=O) groups excluding carboxylic acids is 2. The van der Waals surface area contributed by atoms with Gasteiger partial charge in [-0.25, -0.2) is 4.57 Å². The first-order valence-corrected chi connectivity index (χ1v) is 36.6. The molecule has 0 saturated carbocycles. The third kappa shape index (κ3) is 67.0. The summed E-state index contributed by atoms with van der Waals surface area (Å²) in [6, 6.07) is 0. The number of esters is 2. The number of allylic oxidation sites excluding steroid dienone is 8. The molecule has 0 radical (unpaired) electrons. The molecule has 0 saturated heterocycles. The minimum absolute atomic E-state index is 0.0520. The monoisotopic (exact) mass is 1160 g/mol. The molecule has 2 atom stereocenters. The number of rotatable bonds is 67. The molecule has 0 aromatic carbocycles. The van der Waals surface area contributed by atoms with E-state index in [2.05, 4.69) is 62.5 Å². The molecule has 0 rings (SSSR count). The number of phosphoric acid groups is 1. The van der Waals surface area contributed by atoms with Crippen LogP contribution in [0.15, 0.2) is 48.6 Å². The topological polar surface area (TPSA) is 134 Å². The summed E-state index contributed by atoms with van der Waals surface area (Å²) >= 11 is 0. The summed E-state index contributed by atoms with van der Waals surface area (Å²) in [7, 11) is -4.39. The molecule has 9 nitrogen and oxygen atoms in total. The Balaban J connectivity index is 3.75. The van der Waals surface area contributed by atoms with Crippen molar-refractivity contribution in [2.75, 3.05) is 26.4 Å². The second-order valence-corrected chi connectivity index (χ2v) is 25.2. The van der Waals surface area contributed by atoms with E-state index >= 15 is 0 Å². The average molecular weight is 1160 g/mol. The van der Waals surface area contributed by atoms with Gasteiger partial charge in [-0.15, -0.1) is 0 Å². The van der Waals surface area contributed by atoms with Crippen molar-refractivity contribution in [3.8, 4) is 0 Å². The molecule has 0 fully saturated rings. The van der Waals surface area contributed by atoms with Crippen LogP contribution in [0.25, 0.3) is 0 Å². The number of ether oxygens (including phenoxy) is 2. The highest BCUT2D eigenvalue weighted by Gasteiger charge is 2.26. The minimum atomic E-state index is -4.39. The van der Waals surface area contributed by atoms with Crippen molar-refractivity contribution in [1.29, 1.82) is 0 Å². The minimum Gasteiger partial charge on any atom is -0.462 e. The molecule has 0 spiro atoms. The van der Waals surface area contributed by atoms with Crippen LogP contribution in [-0.4, -0.2) is 49.3 Å². The zero-order chi connectivity index (χ0) is 58.7. The van der Waals surface area contributed by atoms with E-state index in [4.69, 9.17) is 24.3 Å². The fourth-order valence-corrected chi connectivity index (χ4v) is 11.3. The molecule has 0 aromatic heterocycles. The summed E-state index contributed by atoms with van der Waals surface area (Å²) in [4.78, 5) is 35.3. The Morgan fingerprint density at radius 3 is 1.01 bits per heavy atom. The zero-order valence-electron chi connectivity index (χ0n) is 53.5. The van der Waals surface area contributed by atoms with E-state index in [0.29, 0.717) is 6.42 Å². The van der Waals surface area contributed by atoms with Crippen molar-refractivity contribution in [1.82, 2.24) is 0 Å². The number of unbranched alkanes of at least 4 members (excludes halogenated alkanes) is 46. The molecular weight excluding hydrogens is 1030 g/mol. The molecule has 0 bridgehead atoms. The normalized spacial score (nSPS) is 13.2. The molecule has 81 heavy (non-hydrogen) atoms.